The highest BCUT2D eigenvalue weighted by molar-refractivity contribution is 5.87. The lowest BCUT2D eigenvalue weighted by Gasteiger charge is -2.26. The maximum atomic E-state index is 12.9. The molecule has 28 heavy (non-hydrogen) atoms. The van der Waals surface area contributed by atoms with Gasteiger partial charge in [0.1, 0.15) is 0 Å². The lowest BCUT2D eigenvalue weighted by molar-refractivity contribution is -0.970. The van der Waals surface area contributed by atoms with Crippen molar-refractivity contribution in [3.8, 4) is 0 Å². The van der Waals surface area contributed by atoms with Gasteiger partial charge in [-0.25, -0.2) is 0 Å². The van der Waals surface area contributed by atoms with Gasteiger partial charge in [-0.1, -0.05) is 0 Å². The zero-order valence-corrected chi connectivity index (χ0v) is 12.7. The second-order valence-corrected chi connectivity index (χ2v) is 4.69. The molecule has 0 saturated carbocycles. The number of halogens is 7. The molecule has 0 saturated heterocycles. The smallest absolute Gasteiger partial charge is 0.273 e. The summed E-state index contributed by atoms with van der Waals surface area (Å²) in [5.74, 6) is -22.7. The van der Waals surface area contributed by atoms with E-state index in [0.29, 0.717) is 5.43 Å². The van der Waals surface area contributed by atoms with Gasteiger partial charge in [-0.3, -0.25) is 50.8 Å². The lowest BCUT2D eigenvalue weighted by Crippen LogP contribution is -2.61. The first-order valence-corrected chi connectivity index (χ1v) is 6.20. The Kier molecular flexibility index (Phi) is 6.79. The topological polar surface area (TPSA) is 188 Å². The van der Waals surface area contributed by atoms with Crippen molar-refractivity contribution < 1.29 is 55.1 Å². The maximum absolute atomic E-state index is 12.9. The van der Waals surface area contributed by atoms with Crippen LogP contribution in [0.4, 0.5) is 30.7 Å². The van der Waals surface area contributed by atoms with E-state index in [9.17, 15) is 70.7 Å². The van der Waals surface area contributed by atoms with Crippen LogP contribution in [0, 0.1) is 30.3 Å². The summed E-state index contributed by atoms with van der Waals surface area (Å²) in [6, 6.07) is 0. The molecular formula is C8H6F7N5O8. The van der Waals surface area contributed by atoms with E-state index in [-0.39, 0.29) is 0 Å². The van der Waals surface area contributed by atoms with Crippen LogP contribution < -0.4 is 10.9 Å². The summed E-state index contributed by atoms with van der Waals surface area (Å²) >= 11 is 0. The molecule has 0 bridgehead atoms. The number of nitrogens with one attached hydrogen (secondary N) is 2. The van der Waals surface area contributed by atoms with Crippen LogP contribution in [0.25, 0.3) is 0 Å². The van der Waals surface area contributed by atoms with Crippen LogP contribution in [0.15, 0.2) is 0 Å². The normalized spacial score (nSPS) is 12.8. The van der Waals surface area contributed by atoms with Gasteiger partial charge in [-0.05, 0) is 0 Å². The zero-order valence-electron chi connectivity index (χ0n) is 12.7. The molecule has 0 atom stereocenters. The van der Waals surface area contributed by atoms with Crippen LogP contribution >= 0.6 is 0 Å². The first-order chi connectivity index (χ1) is 12.4. The summed E-state index contributed by atoms with van der Waals surface area (Å²) in [5, 5.41) is 31.7. The molecule has 0 spiro atoms. The van der Waals surface area contributed by atoms with Crippen LogP contribution in [-0.4, -0.2) is 50.4 Å². The second kappa shape index (κ2) is 7.72. The van der Waals surface area contributed by atoms with Crippen LogP contribution in [0.1, 0.15) is 12.8 Å². The van der Waals surface area contributed by atoms with E-state index >= 15 is 0 Å². The fourth-order valence-electron chi connectivity index (χ4n) is 1.34. The van der Waals surface area contributed by atoms with Crippen molar-refractivity contribution in [3.63, 3.8) is 0 Å². The van der Waals surface area contributed by atoms with Crippen molar-refractivity contribution in [2.75, 3.05) is 0 Å². The first kappa shape index (κ1) is 24.7. The summed E-state index contributed by atoms with van der Waals surface area (Å²) in [5.41, 5.74) is 1.26. The summed E-state index contributed by atoms with van der Waals surface area (Å²) in [6.45, 7) is 0. The van der Waals surface area contributed by atoms with E-state index in [1.807, 2.05) is 0 Å². The minimum Gasteiger partial charge on any atom is -0.273 e. The molecule has 0 aromatic carbocycles. The standard InChI is InChI=1S/C8H6F7N5O8/c9-6(10,7(11,12)8(13,14)15)4(22)17-16-3(21)1-2-5(18(23)24,19(25)26)20(27)28/h1-2H2,(H,16,21)(H,17,22). The number of amides is 2. The van der Waals surface area contributed by atoms with Gasteiger partial charge in [-0.15, -0.1) is 0 Å². The minimum absolute atomic E-state index is 0.447. The van der Waals surface area contributed by atoms with Crippen LogP contribution in [-0.2, 0) is 9.59 Å². The molecule has 0 heterocycles. The third-order valence-electron chi connectivity index (χ3n) is 2.92. The Morgan fingerprint density at radius 2 is 1.18 bits per heavy atom. The van der Waals surface area contributed by atoms with E-state index < -0.39 is 63.2 Å². The fourth-order valence-corrected chi connectivity index (χ4v) is 1.34. The average Bonchev–Trinajstić information content (AvgIpc) is 2.50. The number of alkyl halides is 7. The minimum atomic E-state index is -6.86. The van der Waals surface area contributed by atoms with E-state index in [4.69, 9.17) is 0 Å². The van der Waals surface area contributed by atoms with Gasteiger partial charge < -0.3 is 0 Å². The van der Waals surface area contributed by atoms with E-state index in [2.05, 4.69) is 0 Å². The van der Waals surface area contributed by atoms with Crippen molar-refractivity contribution >= 4 is 11.8 Å². The predicted octanol–water partition coefficient (Wildman–Crippen LogP) is 0.231. The zero-order chi connectivity index (χ0) is 22.7. The quantitative estimate of drug-likeness (QED) is 0.235. The Balaban J connectivity index is 5.14. The Morgan fingerprint density at radius 3 is 1.50 bits per heavy atom. The number of hydrogen-bond donors (Lipinski definition) is 2. The van der Waals surface area contributed by atoms with Crippen molar-refractivity contribution in [2.45, 2.75) is 36.6 Å². The van der Waals surface area contributed by atoms with E-state index in [1.54, 1.807) is 0 Å². The Bertz CT molecular complexity index is 659. The highest BCUT2D eigenvalue weighted by atomic mass is 19.4. The van der Waals surface area contributed by atoms with Crippen LogP contribution in [0.5, 0.6) is 0 Å². The highest BCUT2D eigenvalue weighted by Gasteiger charge is 2.76. The van der Waals surface area contributed by atoms with Crippen LogP contribution in [0.3, 0.4) is 0 Å². The third kappa shape index (κ3) is 4.31. The molecule has 0 aliphatic rings. The molecule has 0 aromatic rings. The number of hydrazine groups is 1. The number of rotatable bonds is 8. The van der Waals surface area contributed by atoms with Gasteiger partial charge in [-0.2, -0.15) is 30.7 Å². The van der Waals surface area contributed by atoms with Crippen molar-refractivity contribution in [2.24, 2.45) is 0 Å². The monoisotopic (exact) mass is 433 g/mol. The molecule has 2 amide bonds. The Labute approximate surface area is 146 Å². The lowest BCUT2D eigenvalue weighted by atomic mass is 10.1. The number of hydrogen-bond acceptors (Lipinski definition) is 8. The van der Waals surface area contributed by atoms with Gasteiger partial charge in [0, 0.05) is 0 Å². The summed E-state index contributed by atoms with van der Waals surface area (Å²) in [7, 11) is 0. The summed E-state index contributed by atoms with van der Waals surface area (Å²) in [4.78, 5) is 47.6. The maximum Gasteiger partial charge on any atom is 0.700 e. The van der Waals surface area contributed by atoms with Gasteiger partial charge in [0.15, 0.2) is 21.2 Å². The van der Waals surface area contributed by atoms with Crippen molar-refractivity contribution in [1.82, 2.24) is 10.9 Å². The molecule has 2 N–H and O–H groups in total. The average molecular weight is 433 g/mol. The SMILES string of the molecule is O=C(CCC([N+](=O)[O-])([N+](=O)[O-])[N+](=O)[O-])NNC(=O)C(F)(F)C(F)(F)C(F)(F)F. The Hall–Kier alpha value is -3.35. The van der Waals surface area contributed by atoms with Gasteiger partial charge in [0.25, 0.3) is 0 Å². The van der Waals surface area contributed by atoms with Crippen LogP contribution in [0.2, 0.25) is 0 Å². The molecule has 0 radical (unpaired) electrons. The summed E-state index contributed by atoms with van der Waals surface area (Å²) < 4.78 is 86.7. The third-order valence-corrected chi connectivity index (χ3v) is 2.92. The second-order valence-electron chi connectivity index (χ2n) is 4.69. The molecule has 0 fully saturated rings. The number of nitrogens with zero attached hydrogens (tertiary/aromatic N) is 3. The number of nitro groups is 3. The fraction of sp³-hybridized carbons (Fsp3) is 0.750. The van der Waals surface area contributed by atoms with Gasteiger partial charge >= 0.3 is 29.7 Å². The van der Waals surface area contributed by atoms with Crippen molar-refractivity contribution in [3.05, 3.63) is 30.3 Å². The molecular weight excluding hydrogens is 427 g/mol. The molecule has 0 aliphatic carbocycles. The number of carbonyl (C=O) groups is 2. The van der Waals surface area contributed by atoms with E-state index in [1.165, 1.54) is 0 Å². The molecule has 13 nitrogen and oxygen atoms in total. The highest BCUT2D eigenvalue weighted by Crippen LogP contribution is 2.46. The molecule has 0 aromatic heterocycles. The molecule has 0 rings (SSSR count). The van der Waals surface area contributed by atoms with Gasteiger partial charge in [0.05, 0.1) is 6.42 Å². The van der Waals surface area contributed by atoms with Gasteiger partial charge in [0.2, 0.25) is 5.91 Å². The Morgan fingerprint density at radius 1 is 0.786 bits per heavy atom. The first-order valence-electron chi connectivity index (χ1n) is 6.20. The molecule has 20 heteroatoms. The largest absolute Gasteiger partial charge is 0.700 e. The van der Waals surface area contributed by atoms with Crippen molar-refractivity contribution in [1.29, 1.82) is 0 Å². The van der Waals surface area contributed by atoms with E-state index in [0.717, 1.165) is 5.43 Å². The molecule has 160 valence electrons. The number of carbonyl (C=O) groups excluding carboxylic acids is 2. The summed E-state index contributed by atoms with van der Waals surface area (Å²) in [6.07, 6.45) is -10.2. The molecule has 0 unspecified atom stereocenters. The molecule has 0 aliphatic heterocycles. The predicted molar refractivity (Wildman–Crippen MR) is 65.2 cm³/mol.